The lowest BCUT2D eigenvalue weighted by atomic mass is 9.85. The van der Waals surface area contributed by atoms with E-state index in [0.717, 1.165) is 11.1 Å². The molecule has 0 radical (unpaired) electrons. The third kappa shape index (κ3) is 3.73. The number of aliphatic hydroxyl groups is 1. The van der Waals surface area contributed by atoms with E-state index in [2.05, 4.69) is 0 Å². The first kappa shape index (κ1) is 14.4. The van der Waals surface area contributed by atoms with Crippen molar-refractivity contribution in [2.75, 3.05) is 5.88 Å². The lowest BCUT2D eigenvalue weighted by Gasteiger charge is -2.28. The van der Waals surface area contributed by atoms with E-state index < -0.39 is 5.60 Å². The molecule has 1 nitrogen and oxygen atoms in total. The van der Waals surface area contributed by atoms with E-state index in [9.17, 15) is 5.11 Å². The molecule has 3 heteroatoms. The average molecular weight is 295 g/mol. The van der Waals surface area contributed by atoms with Crippen LogP contribution in [0.1, 0.15) is 17.5 Å². The highest BCUT2D eigenvalue weighted by Crippen LogP contribution is 2.30. The van der Waals surface area contributed by atoms with Gasteiger partial charge in [0.25, 0.3) is 0 Å². The van der Waals surface area contributed by atoms with Crippen molar-refractivity contribution in [2.24, 2.45) is 0 Å². The molecule has 19 heavy (non-hydrogen) atoms. The maximum absolute atomic E-state index is 10.9. The molecule has 0 fully saturated rings. The van der Waals surface area contributed by atoms with E-state index in [4.69, 9.17) is 23.2 Å². The highest BCUT2D eigenvalue weighted by Gasteiger charge is 2.28. The Balaban J connectivity index is 2.30. The van der Waals surface area contributed by atoms with E-state index >= 15 is 0 Å². The summed E-state index contributed by atoms with van der Waals surface area (Å²) < 4.78 is 0. The van der Waals surface area contributed by atoms with Crippen LogP contribution in [0.25, 0.3) is 0 Å². The third-order valence-corrected chi connectivity index (χ3v) is 3.63. The fourth-order valence-corrected chi connectivity index (χ4v) is 2.75. The van der Waals surface area contributed by atoms with E-state index in [1.54, 1.807) is 0 Å². The largest absolute Gasteiger partial charge is 0.385 e. The number of hydrogen-bond acceptors (Lipinski definition) is 1. The van der Waals surface area contributed by atoms with Gasteiger partial charge in [0.15, 0.2) is 0 Å². The van der Waals surface area contributed by atoms with Gasteiger partial charge in [-0.1, -0.05) is 54.1 Å². The molecule has 0 amide bonds. The maximum Gasteiger partial charge on any atom is 0.0948 e. The first-order valence-corrected chi connectivity index (χ1v) is 7.14. The number of alkyl halides is 1. The fourth-order valence-electron chi connectivity index (χ4n) is 2.22. The Labute approximate surface area is 123 Å². The summed E-state index contributed by atoms with van der Waals surface area (Å²) in [4.78, 5) is 0. The second kappa shape index (κ2) is 6.42. The molecule has 0 spiro atoms. The van der Waals surface area contributed by atoms with Gasteiger partial charge >= 0.3 is 0 Å². The topological polar surface area (TPSA) is 20.2 Å². The summed E-state index contributed by atoms with van der Waals surface area (Å²) >= 11 is 11.8. The number of halogens is 2. The van der Waals surface area contributed by atoms with Crippen LogP contribution >= 0.6 is 23.2 Å². The molecule has 0 saturated carbocycles. The molecule has 0 aliphatic carbocycles. The highest BCUT2D eigenvalue weighted by atomic mass is 35.5. The van der Waals surface area contributed by atoms with Gasteiger partial charge in [-0.2, -0.15) is 0 Å². The molecular formula is C16H16Cl2O. The normalized spacial score (nSPS) is 14.1. The fraction of sp³-hybridized carbons (Fsp3) is 0.250. The summed E-state index contributed by atoms with van der Waals surface area (Å²) in [5.74, 6) is 0.409. The van der Waals surface area contributed by atoms with Gasteiger partial charge in [0.2, 0.25) is 0 Å². The molecule has 2 aromatic carbocycles. The standard InChI is InChI=1S/C16H16Cl2O/c17-10-9-16(19,14-6-2-1-3-7-14)12-13-5-4-8-15(18)11-13/h1-8,11,19H,9-10,12H2. The monoisotopic (exact) mass is 294 g/mol. The Morgan fingerprint density at radius 2 is 1.74 bits per heavy atom. The minimum atomic E-state index is -0.951. The van der Waals surface area contributed by atoms with Gasteiger partial charge in [-0.25, -0.2) is 0 Å². The average Bonchev–Trinajstić information content (AvgIpc) is 2.40. The van der Waals surface area contributed by atoms with Crippen molar-refractivity contribution in [3.05, 3.63) is 70.7 Å². The summed E-state index contributed by atoms with van der Waals surface area (Å²) in [6.45, 7) is 0. The number of hydrogen-bond donors (Lipinski definition) is 1. The number of benzene rings is 2. The lowest BCUT2D eigenvalue weighted by molar-refractivity contribution is 0.0336. The molecule has 0 aromatic heterocycles. The number of rotatable bonds is 5. The SMILES string of the molecule is OC(CCCl)(Cc1cccc(Cl)c1)c1ccccc1. The molecule has 0 saturated heterocycles. The second-order valence-electron chi connectivity index (χ2n) is 4.64. The van der Waals surface area contributed by atoms with Gasteiger partial charge in [0, 0.05) is 17.3 Å². The first-order chi connectivity index (χ1) is 9.14. The molecule has 2 aromatic rings. The van der Waals surface area contributed by atoms with Crippen LogP contribution in [0.15, 0.2) is 54.6 Å². The summed E-state index contributed by atoms with van der Waals surface area (Å²) in [6, 6.07) is 17.2. The van der Waals surface area contributed by atoms with Crippen molar-refractivity contribution in [1.82, 2.24) is 0 Å². The van der Waals surface area contributed by atoms with Crippen molar-refractivity contribution >= 4 is 23.2 Å². The van der Waals surface area contributed by atoms with Crippen molar-refractivity contribution in [1.29, 1.82) is 0 Å². The zero-order valence-corrected chi connectivity index (χ0v) is 12.0. The predicted octanol–water partition coefficient (Wildman–Crippen LogP) is 4.40. The van der Waals surface area contributed by atoms with Gasteiger partial charge in [0.1, 0.15) is 0 Å². The van der Waals surface area contributed by atoms with Crippen LogP contribution in [0.5, 0.6) is 0 Å². The van der Waals surface area contributed by atoms with Gasteiger partial charge in [0.05, 0.1) is 5.60 Å². The summed E-state index contributed by atoms with van der Waals surface area (Å²) in [7, 11) is 0. The molecule has 1 atom stereocenters. The van der Waals surface area contributed by atoms with Crippen molar-refractivity contribution in [2.45, 2.75) is 18.4 Å². The van der Waals surface area contributed by atoms with Gasteiger partial charge in [-0.15, -0.1) is 11.6 Å². The van der Waals surface area contributed by atoms with Crippen LogP contribution in [-0.2, 0) is 12.0 Å². The zero-order valence-electron chi connectivity index (χ0n) is 10.5. The molecule has 0 aliphatic heterocycles. The minimum absolute atomic E-state index is 0.409. The second-order valence-corrected chi connectivity index (χ2v) is 5.46. The Hall–Kier alpha value is -1.02. The molecule has 1 N–H and O–H groups in total. The Morgan fingerprint density at radius 3 is 2.37 bits per heavy atom. The molecular weight excluding hydrogens is 279 g/mol. The zero-order chi connectivity index (χ0) is 13.7. The van der Waals surface area contributed by atoms with Crippen LogP contribution in [0, 0.1) is 0 Å². The van der Waals surface area contributed by atoms with E-state index in [1.165, 1.54) is 0 Å². The summed E-state index contributed by atoms with van der Waals surface area (Å²) in [5.41, 5.74) is 0.938. The van der Waals surface area contributed by atoms with Gasteiger partial charge < -0.3 is 5.11 Å². The van der Waals surface area contributed by atoms with E-state index in [1.807, 2.05) is 54.6 Å². The van der Waals surface area contributed by atoms with Crippen molar-refractivity contribution < 1.29 is 5.11 Å². The first-order valence-electron chi connectivity index (χ1n) is 6.22. The maximum atomic E-state index is 10.9. The van der Waals surface area contributed by atoms with Crippen LogP contribution in [-0.4, -0.2) is 11.0 Å². The predicted molar refractivity (Wildman–Crippen MR) is 80.8 cm³/mol. The lowest BCUT2D eigenvalue weighted by Crippen LogP contribution is -2.29. The summed E-state index contributed by atoms with van der Waals surface area (Å²) in [6.07, 6.45) is 1.01. The Kier molecular flexibility index (Phi) is 4.87. The molecule has 0 bridgehead atoms. The molecule has 100 valence electrons. The quantitative estimate of drug-likeness (QED) is 0.811. The van der Waals surface area contributed by atoms with Gasteiger partial charge in [-0.05, 0) is 29.7 Å². The Morgan fingerprint density at radius 1 is 1.00 bits per heavy atom. The minimum Gasteiger partial charge on any atom is -0.385 e. The smallest absolute Gasteiger partial charge is 0.0948 e. The van der Waals surface area contributed by atoms with E-state index in [0.29, 0.717) is 23.7 Å². The molecule has 0 heterocycles. The molecule has 0 aliphatic rings. The van der Waals surface area contributed by atoms with Crippen LogP contribution < -0.4 is 0 Å². The van der Waals surface area contributed by atoms with Crippen molar-refractivity contribution in [3.63, 3.8) is 0 Å². The van der Waals surface area contributed by atoms with Crippen LogP contribution in [0.2, 0.25) is 5.02 Å². The summed E-state index contributed by atoms with van der Waals surface area (Å²) in [5, 5.41) is 11.6. The Bertz CT molecular complexity index is 527. The third-order valence-electron chi connectivity index (χ3n) is 3.20. The highest BCUT2D eigenvalue weighted by molar-refractivity contribution is 6.30. The van der Waals surface area contributed by atoms with Crippen LogP contribution in [0.4, 0.5) is 0 Å². The van der Waals surface area contributed by atoms with Gasteiger partial charge in [-0.3, -0.25) is 0 Å². The van der Waals surface area contributed by atoms with Crippen LogP contribution in [0.3, 0.4) is 0 Å². The van der Waals surface area contributed by atoms with E-state index in [-0.39, 0.29) is 0 Å². The van der Waals surface area contributed by atoms with Crippen molar-refractivity contribution in [3.8, 4) is 0 Å². The molecule has 2 rings (SSSR count). The molecule has 1 unspecified atom stereocenters.